The minimum atomic E-state index is -0.902. The highest BCUT2D eigenvalue weighted by atomic mass is 35.5. The third-order valence-corrected chi connectivity index (χ3v) is 6.16. The molecule has 1 N–H and O–H groups in total. The van der Waals surface area contributed by atoms with E-state index in [4.69, 9.17) is 11.6 Å². The number of carbonyl (C=O) groups is 1. The van der Waals surface area contributed by atoms with Crippen LogP contribution in [0.3, 0.4) is 0 Å². The molecule has 0 aliphatic carbocycles. The Morgan fingerprint density at radius 1 is 0.800 bits per heavy atom. The number of carboxylic acid groups (broad SMARTS) is 1. The van der Waals surface area contributed by atoms with Crippen LogP contribution in [0.5, 0.6) is 0 Å². The van der Waals surface area contributed by atoms with E-state index in [0.717, 1.165) is 18.4 Å². The van der Waals surface area contributed by atoms with Crippen LogP contribution in [-0.2, 0) is 0 Å². The summed E-state index contributed by atoms with van der Waals surface area (Å²) in [5.74, 6) is 0. The molecule has 0 fully saturated rings. The van der Waals surface area contributed by atoms with Crippen molar-refractivity contribution in [2.24, 2.45) is 0 Å². The number of nitrogens with zero attached hydrogens (tertiary/aromatic N) is 1. The number of aryl methyl sites for hydroxylation is 1. The Morgan fingerprint density at radius 2 is 1.23 bits per heavy atom. The van der Waals surface area contributed by atoms with E-state index in [0.29, 0.717) is 17.3 Å². The van der Waals surface area contributed by atoms with Gasteiger partial charge in [0.2, 0.25) is 0 Å². The van der Waals surface area contributed by atoms with Gasteiger partial charge in [0.15, 0.2) is 0 Å². The minimum absolute atomic E-state index is 0.537. The summed E-state index contributed by atoms with van der Waals surface area (Å²) in [6.07, 6.45) is 20.2. The molecule has 4 heteroatoms. The zero-order valence-corrected chi connectivity index (χ0v) is 20.2. The molecule has 0 aromatic heterocycles. The number of benzene rings is 1. The van der Waals surface area contributed by atoms with Crippen molar-refractivity contribution in [2.45, 2.75) is 117 Å². The van der Waals surface area contributed by atoms with Crippen LogP contribution in [0.2, 0.25) is 5.02 Å². The van der Waals surface area contributed by atoms with Crippen LogP contribution in [-0.4, -0.2) is 17.7 Å². The normalized spacial score (nSPS) is 11.0. The maximum absolute atomic E-state index is 11.6. The summed E-state index contributed by atoms with van der Waals surface area (Å²) in [7, 11) is 0. The highest BCUT2D eigenvalue weighted by Gasteiger charge is 2.16. The number of rotatable bonds is 18. The van der Waals surface area contributed by atoms with Crippen molar-refractivity contribution in [3.8, 4) is 0 Å². The fourth-order valence-corrected chi connectivity index (χ4v) is 4.18. The summed E-state index contributed by atoms with van der Waals surface area (Å²) in [6.45, 7) is 4.74. The average molecular weight is 438 g/mol. The van der Waals surface area contributed by atoms with Gasteiger partial charge in [0.05, 0.1) is 5.69 Å². The zero-order valence-electron chi connectivity index (χ0n) is 19.4. The number of halogens is 1. The first-order chi connectivity index (χ1) is 14.6. The molecule has 30 heavy (non-hydrogen) atoms. The predicted molar refractivity (Wildman–Crippen MR) is 131 cm³/mol. The second-order valence-corrected chi connectivity index (χ2v) is 9.10. The lowest BCUT2D eigenvalue weighted by atomic mass is 10.0. The van der Waals surface area contributed by atoms with E-state index in [-0.39, 0.29) is 0 Å². The van der Waals surface area contributed by atoms with E-state index >= 15 is 0 Å². The summed E-state index contributed by atoms with van der Waals surface area (Å²) in [6, 6.07) is 5.42. The third-order valence-electron chi connectivity index (χ3n) is 5.93. The summed E-state index contributed by atoms with van der Waals surface area (Å²) in [5, 5.41) is 10.1. The Kier molecular flexibility index (Phi) is 15.6. The van der Waals surface area contributed by atoms with Crippen molar-refractivity contribution in [1.29, 1.82) is 0 Å². The molecule has 1 aromatic rings. The van der Waals surface area contributed by atoms with Crippen molar-refractivity contribution in [2.75, 3.05) is 11.4 Å². The van der Waals surface area contributed by atoms with Gasteiger partial charge in [0.1, 0.15) is 0 Å². The fourth-order valence-electron chi connectivity index (χ4n) is 4.01. The van der Waals surface area contributed by atoms with Crippen molar-refractivity contribution >= 4 is 23.4 Å². The number of anilines is 1. The van der Waals surface area contributed by atoms with Crippen LogP contribution in [0.25, 0.3) is 0 Å². The molecular weight excluding hydrogens is 394 g/mol. The standard InChI is InChI=1S/C26H44ClNO2/c1-3-4-5-6-7-8-9-10-11-12-13-14-15-16-17-18-21-28(26(29)30)25-22-24(27)20-19-23(25)2/h19-20,22H,3-18,21H2,1-2H3,(H,29,30). The molecule has 0 heterocycles. The Labute approximate surface area is 190 Å². The van der Waals surface area contributed by atoms with E-state index in [2.05, 4.69) is 6.92 Å². The zero-order chi connectivity index (χ0) is 22.0. The molecule has 1 aromatic carbocycles. The van der Waals surface area contributed by atoms with E-state index in [1.165, 1.54) is 94.8 Å². The third kappa shape index (κ3) is 12.5. The molecule has 0 spiro atoms. The Morgan fingerprint density at radius 3 is 1.67 bits per heavy atom. The Bertz CT molecular complexity index is 576. The van der Waals surface area contributed by atoms with Gasteiger partial charge in [-0.15, -0.1) is 0 Å². The van der Waals surface area contributed by atoms with E-state index in [1.54, 1.807) is 12.1 Å². The first-order valence-electron chi connectivity index (χ1n) is 12.3. The van der Waals surface area contributed by atoms with Crippen molar-refractivity contribution in [3.05, 3.63) is 28.8 Å². The van der Waals surface area contributed by atoms with Gasteiger partial charge in [-0.25, -0.2) is 4.79 Å². The lowest BCUT2D eigenvalue weighted by molar-refractivity contribution is 0.201. The maximum atomic E-state index is 11.6. The molecule has 0 saturated heterocycles. The molecule has 0 saturated carbocycles. The van der Waals surface area contributed by atoms with Crippen LogP contribution < -0.4 is 4.90 Å². The second kappa shape index (κ2) is 17.5. The lowest BCUT2D eigenvalue weighted by Crippen LogP contribution is -2.30. The monoisotopic (exact) mass is 437 g/mol. The topological polar surface area (TPSA) is 40.5 Å². The minimum Gasteiger partial charge on any atom is -0.465 e. The average Bonchev–Trinajstić information content (AvgIpc) is 2.72. The lowest BCUT2D eigenvalue weighted by Gasteiger charge is -2.21. The smallest absolute Gasteiger partial charge is 0.411 e. The largest absolute Gasteiger partial charge is 0.465 e. The van der Waals surface area contributed by atoms with Crippen molar-refractivity contribution < 1.29 is 9.90 Å². The number of amides is 1. The predicted octanol–water partition coefficient (Wildman–Crippen LogP) is 9.39. The Hall–Kier alpha value is -1.22. The number of unbranched alkanes of at least 4 members (excludes halogenated alkanes) is 15. The summed E-state index contributed by atoms with van der Waals surface area (Å²) < 4.78 is 0. The summed E-state index contributed by atoms with van der Waals surface area (Å²) >= 11 is 6.05. The molecule has 0 aliphatic rings. The first kappa shape index (κ1) is 26.8. The molecule has 0 bridgehead atoms. The molecule has 3 nitrogen and oxygen atoms in total. The molecule has 172 valence electrons. The molecule has 0 atom stereocenters. The molecule has 1 rings (SSSR count). The van der Waals surface area contributed by atoms with Crippen LogP contribution in [0.15, 0.2) is 18.2 Å². The fraction of sp³-hybridized carbons (Fsp3) is 0.731. The van der Waals surface area contributed by atoms with Gasteiger partial charge in [-0.1, -0.05) is 121 Å². The van der Waals surface area contributed by atoms with Gasteiger partial charge in [0, 0.05) is 11.6 Å². The summed E-state index contributed by atoms with van der Waals surface area (Å²) in [5.41, 5.74) is 1.65. The molecule has 1 amide bonds. The molecule has 0 unspecified atom stereocenters. The van der Waals surface area contributed by atoms with Gasteiger partial charge in [0.25, 0.3) is 0 Å². The molecule has 0 radical (unpaired) electrons. The van der Waals surface area contributed by atoms with Gasteiger partial charge >= 0.3 is 6.09 Å². The van der Waals surface area contributed by atoms with Crippen LogP contribution in [0, 0.1) is 6.92 Å². The SMILES string of the molecule is CCCCCCCCCCCCCCCCCCN(C(=O)O)c1cc(Cl)ccc1C. The van der Waals surface area contributed by atoms with Crippen LogP contribution in [0.4, 0.5) is 10.5 Å². The number of hydrogen-bond donors (Lipinski definition) is 1. The first-order valence-corrected chi connectivity index (χ1v) is 12.7. The van der Waals surface area contributed by atoms with E-state index < -0.39 is 6.09 Å². The summed E-state index contributed by atoms with van der Waals surface area (Å²) in [4.78, 5) is 13.1. The van der Waals surface area contributed by atoms with Crippen LogP contribution >= 0.6 is 11.6 Å². The highest BCUT2D eigenvalue weighted by Crippen LogP contribution is 2.25. The quantitative estimate of drug-likeness (QED) is 0.232. The Balaban J connectivity index is 2.00. The second-order valence-electron chi connectivity index (χ2n) is 8.67. The van der Waals surface area contributed by atoms with Crippen molar-refractivity contribution in [1.82, 2.24) is 0 Å². The number of hydrogen-bond acceptors (Lipinski definition) is 1. The van der Waals surface area contributed by atoms with Crippen molar-refractivity contribution in [3.63, 3.8) is 0 Å². The van der Waals surface area contributed by atoms with E-state index in [1.807, 2.05) is 13.0 Å². The highest BCUT2D eigenvalue weighted by molar-refractivity contribution is 6.31. The van der Waals surface area contributed by atoms with Gasteiger partial charge < -0.3 is 5.11 Å². The van der Waals surface area contributed by atoms with Gasteiger partial charge in [-0.3, -0.25) is 4.90 Å². The van der Waals surface area contributed by atoms with E-state index in [9.17, 15) is 9.90 Å². The van der Waals surface area contributed by atoms with Crippen LogP contribution in [0.1, 0.15) is 115 Å². The van der Waals surface area contributed by atoms with Gasteiger partial charge in [-0.2, -0.15) is 0 Å². The van der Waals surface area contributed by atoms with Gasteiger partial charge in [-0.05, 0) is 31.0 Å². The molecular formula is C26H44ClNO2. The molecule has 0 aliphatic heterocycles. The maximum Gasteiger partial charge on any atom is 0.411 e.